The molecule has 0 spiro atoms. The number of thiophene rings is 1. The van der Waals surface area contributed by atoms with Crippen molar-refractivity contribution in [3.63, 3.8) is 0 Å². The number of ether oxygens (including phenoxy) is 1. The molecular formula is C25H32N4O4S. The normalized spacial score (nSPS) is 11.9. The first-order valence-electron chi connectivity index (χ1n) is 11.7. The van der Waals surface area contributed by atoms with Crippen LogP contribution in [0.5, 0.6) is 5.75 Å². The molecule has 0 aliphatic carbocycles. The van der Waals surface area contributed by atoms with Gasteiger partial charge in [-0.05, 0) is 61.4 Å². The smallest absolute Gasteiger partial charge is 0.251 e. The molecule has 0 aliphatic rings. The summed E-state index contributed by atoms with van der Waals surface area (Å²) in [5.41, 5.74) is 0.491. The zero-order valence-electron chi connectivity index (χ0n) is 19.9. The van der Waals surface area contributed by atoms with Gasteiger partial charge in [0.25, 0.3) is 5.91 Å². The Morgan fingerprint density at radius 3 is 2.59 bits per heavy atom. The minimum atomic E-state index is -0.604. The second-order valence-corrected chi connectivity index (χ2v) is 9.19. The summed E-state index contributed by atoms with van der Waals surface area (Å²) in [7, 11) is 0. The van der Waals surface area contributed by atoms with Gasteiger partial charge in [-0.25, -0.2) is 0 Å². The summed E-state index contributed by atoms with van der Waals surface area (Å²) in [5.74, 6) is 1.47. The molecular weight excluding hydrogens is 452 g/mol. The first kappa shape index (κ1) is 25.4. The van der Waals surface area contributed by atoms with E-state index in [0.717, 1.165) is 24.1 Å². The molecule has 0 radical (unpaired) electrons. The Labute approximate surface area is 204 Å². The van der Waals surface area contributed by atoms with Gasteiger partial charge < -0.3 is 19.9 Å². The zero-order valence-corrected chi connectivity index (χ0v) is 20.7. The quantitative estimate of drug-likeness (QED) is 0.347. The third-order valence-corrected chi connectivity index (χ3v) is 6.11. The Morgan fingerprint density at radius 1 is 1.12 bits per heavy atom. The summed E-state index contributed by atoms with van der Waals surface area (Å²) in [6.45, 7) is 6.84. The van der Waals surface area contributed by atoms with Crippen LogP contribution < -0.4 is 15.4 Å². The Morgan fingerprint density at radius 2 is 1.91 bits per heavy atom. The summed E-state index contributed by atoms with van der Waals surface area (Å²) in [4.78, 5) is 30.7. The molecule has 2 amide bonds. The number of carbonyl (C=O) groups excluding carboxylic acids is 2. The number of amides is 2. The van der Waals surface area contributed by atoms with E-state index in [0.29, 0.717) is 42.6 Å². The molecule has 9 heteroatoms. The summed E-state index contributed by atoms with van der Waals surface area (Å²) in [6, 6.07) is 10.2. The summed E-state index contributed by atoms with van der Waals surface area (Å²) in [6.07, 6.45) is 3.35. The lowest BCUT2D eigenvalue weighted by Gasteiger charge is -2.22. The van der Waals surface area contributed by atoms with Gasteiger partial charge in [0.2, 0.25) is 17.6 Å². The van der Waals surface area contributed by atoms with Gasteiger partial charge in [0.15, 0.2) is 0 Å². The van der Waals surface area contributed by atoms with Crippen molar-refractivity contribution < 1.29 is 18.8 Å². The van der Waals surface area contributed by atoms with Gasteiger partial charge in [-0.15, -0.1) is 11.3 Å². The topological polar surface area (TPSA) is 106 Å². The molecule has 182 valence electrons. The fourth-order valence-electron chi connectivity index (χ4n) is 3.39. The summed E-state index contributed by atoms with van der Waals surface area (Å²) < 4.78 is 10.7. The van der Waals surface area contributed by atoms with E-state index in [-0.39, 0.29) is 17.7 Å². The Hall–Kier alpha value is -3.20. The predicted octanol–water partition coefficient (Wildman–Crippen LogP) is 4.48. The minimum absolute atomic E-state index is 0.0401. The monoisotopic (exact) mass is 484 g/mol. The second-order valence-electron chi connectivity index (χ2n) is 8.24. The van der Waals surface area contributed by atoms with Crippen molar-refractivity contribution in [2.75, 3.05) is 13.2 Å². The number of unbranched alkanes of at least 4 members (excludes halogenated alkanes) is 2. The van der Waals surface area contributed by atoms with Crippen LogP contribution in [0, 0.1) is 5.92 Å². The van der Waals surface area contributed by atoms with Crippen LogP contribution in [-0.4, -0.2) is 41.1 Å². The maximum atomic E-state index is 12.7. The largest absolute Gasteiger partial charge is 0.494 e. The maximum absolute atomic E-state index is 12.7. The third kappa shape index (κ3) is 7.41. The van der Waals surface area contributed by atoms with Gasteiger partial charge in [0, 0.05) is 18.5 Å². The van der Waals surface area contributed by atoms with Crippen LogP contribution in [0.4, 0.5) is 0 Å². The number of hydrogen-bond donors (Lipinski definition) is 2. The molecule has 0 aliphatic heterocycles. The number of carbonyl (C=O) groups is 2. The molecule has 0 saturated heterocycles. The molecule has 0 unspecified atom stereocenters. The fourth-order valence-corrected chi connectivity index (χ4v) is 4.04. The Balaban J connectivity index is 1.37. The molecule has 0 fully saturated rings. The highest BCUT2D eigenvalue weighted by Crippen LogP contribution is 2.21. The van der Waals surface area contributed by atoms with E-state index in [1.165, 1.54) is 0 Å². The molecule has 3 rings (SSSR count). The van der Waals surface area contributed by atoms with E-state index in [1.807, 2.05) is 38.3 Å². The number of nitrogens with zero attached hydrogens (tertiary/aromatic N) is 2. The lowest BCUT2D eigenvalue weighted by Crippen LogP contribution is -2.49. The maximum Gasteiger partial charge on any atom is 0.251 e. The number of benzene rings is 1. The summed E-state index contributed by atoms with van der Waals surface area (Å²) in [5, 5.41) is 11.8. The van der Waals surface area contributed by atoms with Gasteiger partial charge in [-0.2, -0.15) is 4.98 Å². The molecule has 3 aromatic rings. The minimum Gasteiger partial charge on any atom is -0.494 e. The SMILES string of the molecule is CCOc1ccc(C(=O)N[C@H](C(=O)NCCCCCc2nc(-c3cccs3)no2)C(C)C)cc1. The number of aromatic nitrogens is 2. The van der Waals surface area contributed by atoms with Crippen LogP contribution in [0.1, 0.15) is 56.3 Å². The molecule has 2 heterocycles. The highest BCUT2D eigenvalue weighted by Gasteiger charge is 2.24. The van der Waals surface area contributed by atoms with Crippen molar-refractivity contribution in [1.29, 1.82) is 0 Å². The van der Waals surface area contributed by atoms with Crippen molar-refractivity contribution in [1.82, 2.24) is 20.8 Å². The van der Waals surface area contributed by atoms with Crippen molar-refractivity contribution in [2.45, 2.75) is 52.5 Å². The Bertz CT molecular complexity index is 1030. The van der Waals surface area contributed by atoms with Crippen molar-refractivity contribution in [3.05, 3.63) is 53.2 Å². The highest BCUT2D eigenvalue weighted by molar-refractivity contribution is 7.13. The fraction of sp³-hybridized carbons (Fsp3) is 0.440. The first-order chi connectivity index (χ1) is 16.5. The van der Waals surface area contributed by atoms with Gasteiger partial charge in [-0.1, -0.05) is 31.5 Å². The predicted molar refractivity (Wildman–Crippen MR) is 132 cm³/mol. The average Bonchev–Trinajstić information content (AvgIpc) is 3.52. The molecule has 0 saturated carbocycles. The molecule has 2 aromatic heterocycles. The molecule has 1 atom stereocenters. The molecule has 0 bridgehead atoms. The second kappa shape index (κ2) is 12.9. The molecule has 2 N–H and O–H groups in total. The van der Waals surface area contributed by atoms with E-state index < -0.39 is 6.04 Å². The van der Waals surface area contributed by atoms with E-state index in [2.05, 4.69) is 20.8 Å². The number of rotatable bonds is 13. The van der Waals surface area contributed by atoms with Crippen LogP contribution >= 0.6 is 11.3 Å². The first-order valence-corrected chi connectivity index (χ1v) is 12.5. The lowest BCUT2D eigenvalue weighted by atomic mass is 10.0. The lowest BCUT2D eigenvalue weighted by molar-refractivity contribution is -0.123. The highest BCUT2D eigenvalue weighted by atomic mass is 32.1. The van der Waals surface area contributed by atoms with Crippen LogP contribution in [0.25, 0.3) is 10.7 Å². The van der Waals surface area contributed by atoms with Crippen LogP contribution in [0.3, 0.4) is 0 Å². The van der Waals surface area contributed by atoms with Gasteiger partial charge in [0.05, 0.1) is 11.5 Å². The van der Waals surface area contributed by atoms with Crippen LogP contribution in [-0.2, 0) is 11.2 Å². The Kier molecular flexibility index (Phi) is 9.63. The van der Waals surface area contributed by atoms with Crippen molar-refractivity contribution in [3.8, 4) is 16.5 Å². The van der Waals surface area contributed by atoms with Crippen LogP contribution in [0.15, 0.2) is 46.3 Å². The van der Waals surface area contributed by atoms with E-state index in [4.69, 9.17) is 9.26 Å². The molecule has 8 nitrogen and oxygen atoms in total. The third-order valence-electron chi connectivity index (χ3n) is 5.24. The average molecular weight is 485 g/mol. The van der Waals surface area contributed by atoms with Gasteiger partial charge in [-0.3, -0.25) is 9.59 Å². The summed E-state index contributed by atoms with van der Waals surface area (Å²) >= 11 is 1.58. The van der Waals surface area contributed by atoms with Crippen molar-refractivity contribution >= 4 is 23.2 Å². The van der Waals surface area contributed by atoms with E-state index in [9.17, 15) is 9.59 Å². The standard InChI is InChI=1S/C25H32N4O4S/c1-4-32-19-13-11-18(12-14-19)24(30)28-22(17(2)3)25(31)26-15-7-5-6-10-21-27-23(29-33-21)20-9-8-16-34-20/h8-9,11-14,16-17,22H,4-7,10,15H2,1-3H3,(H,26,31)(H,28,30)/t22-/m0/s1. The van der Waals surface area contributed by atoms with E-state index >= 15 is 0 Å². The van der Waals surface area contributed by atoms with Gasteiger partial charge >= 0.3 is 0 Å². The zero-order chi connectivity index (χ0) is 24.3. The van der Waals surface area contributed by atoms with Crippen molar-refractivity contribution in [2.24, 2.45) is 5.92 Å². The molecule has 1 aromatic carbocycles. The van der Waals surface area contributed by atoms with Crippen LogP contribution in [0.2, 0.25) is 0 Å². The molecule has 34 heavy (non-hydrogen) atoms. The number of nitrogens with one attached hydrogen (secondary N) is 2. The number of hydrogen-bond acceptors (Lipinski definition) is 7. The number of aryl methyl sites for hydroxylation is 1. The van der Waals surface area contributed by atoms with E-state index in [1.54, 1.807) is 35.6 Å². The van der Waals surface area contributed by atoms with Gasteiger partial charge in [0.1, 0.15) is 11.8 Å².